The van der Waals surface area contributed by atoms with E-state index in [1.165, 1.54) is 12.1 Å². The molecule has 1 N–H and O–H groups in total. The van der Waals surface area contributed by atoms with Gasteiger partial charge in [0, 0.05) is 6.54 Å². The second kappa shape index (κ2) is 4.84. The van der Waals surface area contributed by atoms with Crippen LogP contribution in [0, 0.1) is 12.7 Å². The number of benzene rings is 1. The molecule has 3 nitrogen and oxygen atoms in total. The number of aryl methyl sites for hydroxylation is 1. The SMILES string of the molecule is Cc1ccc(C(=O)N2CCC[C@@H]2CO)c(F)c1. The molecule has 1 heterocycles. The fourth-order valence-electron chi connectivity index (χ4n) is 2.24. The minimum atomic E-state index is -0.487. The van der Waals surface area contributed by atoms with Crippen LogP contribution in [0.25, 0.3) is 0 Å². The second-order valence-electron chi connectivity index (χ2n) is 4.46. The topological polar surface area (TPSA) is 40.5 Å². The van der Waals surface area contributed by atoms with Crippen molar-refractivity contribution >= 4 is 5.91 Å². The predicted molar refractivity (Wildman–Crippen MR) is 62.3 cm³/mol. The highest BCUT2D eigenvalue weighted by Crippen LogP contribution is 2.21. The lowest BCUT2D eigenvalue weighted by molar-refractivity contribution is 0.0673. The van der Waals surface area contributed by atoms with Gasteiger partial charge in [0.05, 0.1) is 18.2 Å². The van der Waals surface area contributed by atoms with Crippen LogP contribution < -0.4 is 0 Å². The molecular weight excluding hydrogens is 221 g/mol. The summed E-state index contributed by atoms with van der Waals surface area (Å²) >= 11 is 0. The largest absolute Gasteiger partial charge is 0.394 e. The summed E-state index contributed by atoms with van der Waals surface area (Å²) in [5, 5.41) is 9.16. The van der Waals surface area contributed by atoms with Gasteiger partial charge in [-0.05, 0) is 37.5 Å². The van der Waals surface area contributed by atoms with Crippen LogP contribution in [-0.4, -0.2) is 35.1 Å². The number of carbonyl (C=O) groups is 1. The molecule has 17 heavy (non-hydrogen) atoms. The zero-order valence-electron chi connectivity index (χ0n) is 9.82. The molecule has 1 fully saturated rings. The fourth-order valence-corrected chi connectivity index (χ4v) is 2.24. The second-order valence-corrected chi connectivity index (χ2v) is 4.46. The molecule has 1 aromatic carbocycles. The molecule has 0 saturated carbocycles. The normalized spacial score (nSPS) is 19.7. The van der Waals surface area contributed by atoms with E-state index in [1.54, 1.807) is 17.9 Å². The molecule has 4 heteroatoms. The van der Waals surface area contributed by atoms with Crippen LogP contribution in [0.15, 0.2) is 18.2 Å². The van der Waals surface area contributed by atoms with Crippen molar-refractivity contribution in [3.05, 3.63) is 35.1 Å². The minimum absolute atomic E-state index is 0.0563. The fraction of sp³-hybridized carbons (Fsp3) is 0.462. The van der Waals surface area contributed by atoms with Gasteiger partial charge in [0.1, 0.15) is 5.82 Å². The first kappa shape index (κ1) is 12.0. The maximum atomic E-state index is 13.7. The molecular formula is C13H16FNO2. The van der Waals surface area contributed by atoms with Gasteiger partial charge in [-0.2, -0.15) is 0 Å². The molecule has 0 bridgehead atoms. The lowest BCUT2D eigenvalue weighted by atomic mass is 10.1. The van der Waals surface area contributed by atoms with Crippen LogP contribution in [0.2, 0.25) is 0 Å². The number of amides is 1. The van der Waals surface area contributed by atoms with Gasteiger partial charge in [-0.3, -0.25) is 4.79 Å². The number of nitrogens with zero attached hydrogens (tertiary/aromatic N) is 1. The van der Waals surface area contributed by atoms with Crippen LogP contribution in [0.3, 0.4) is 0 Å². The van der Waals surface area contributed by atoms with Gasteiger partial charge < -0.3 is 10.0 Å². The van der Waals surface area contributed by atoms with Crippen molar-refractivity contribution in [2.45, 2.75) is 25.8 Å². The van der Waals surface area contributed by atoms with Crippen molar-refractivity contribution in [2.75, 3.05) is 13.2 Å². The average Bonchev–Trinajstić information content (AvgIpc) is 2.76. The van der Waals surface area contributed by atoms with Crippen LogP contribution in [0.5, 0.6) is 0 Å². The van der Waals surface area contributed by atoms with Crippen molar-refractivity contribution in [1.82, 2.24) is 4.90 Å². The Morgan fingerprint density at radius 2 is 2.35 bits per heavy atom. The molecule has 2 rings (SSSR count). The van der Waals surface area contributed by atoms with E-state index in [2.05, 4.69) is 0 Å². The van der Waals surface area contributed by atoms with Gasteiger partial charge in [0.2, 0.25) is 0 Å². The third-order valence-electron chi connectivity index (χ3n) is 3.20. The monoisotopic (exact) mass is 237 g/mol. The van der Waals surface area contributed by atoms with Gasteiger partial charge in [-0.25, -0.2) is 4.39 Å². The highest BCUT2D eigenvalue weighted by atomic mass is 19.1. The molecule has 0 radical (unpaired) electrons. The first-order valence-corrected chi connectivity index (χ1v) is 5.81. The summed E-state index contributed by atoms with van der Waals surface area (Å²) in [6.07, 6.45) is 1.65. The summed E-state index contributed by atoms with van der Waals surface area (Å²) in [5.41, 5.74) is 0.884. The summed E-state index contributed by atoms with van der Waals surface area (Å²) in [5.74, 6) is -0.808. The Hall–Kier alpha value is -1.42. The predicted octanol–water partition coefficient (Wildman–Crippen LogP) is 1.73. The van der Waals surface area contributed by atoms with Gasteiger partial charge >= 0.3 is 0 Å². The summed E-state index contributed by atoms with van der Waals surface area (Å²) in [6, 6.07) is 4.43. The Morgan fingerprint density at radius 1 is 1.59 bits per heavy atom. The Bertz CT molecular complexity index is 433. The highest BCUT2D eigenvalue weighted by Gasteiger charge is 2.29. The summed E-state index contributed by atoms with van der Waals surface area (Å²) in [6.45, 7) is 2.32. The summed E-state index contributed by atoms with van der Waals surface area (Å²) < 4.78 is 13.7. The van der Waals surface area contributed by atoms with Gasteiger partial charge in [-0.15, -0.1) is 0 Å². The van der Waals surface area contributed by atoms with E-state index in [9.17, 15) is 9.18 Å². The quantitative estimate of drug-likeness (QED) is 0.851. The van der Waals surface area contributed by atoms with E-state index in [4.69, 9.17) is 5.11 Å². The molecule has 0 aromatic heterocycles. The van der Waals surface area contributed by atoms with E-state index >= 15 is 0 Å². The molecule has 1 aliphatic heterocycles. The molecule has 0 spiro atoms. The van der Waals surface area contributed by atoms with E-state index in [-0.39, 0.29) is 24.1 Å². The van der Waals surface area contributed by atoms with Crippen molar-refractivity contribution in [2.24, 2.45) is 0 Å². The zero-order valence-corrected chi connectivity index (χ0v) is 9.82. The summed E-state index contributed by atoms with van der Waals surface area (Å²) in [7, 11) is 0. The Morgan fingerprint density at radius 3 is 3.00 bits per heavy atom. The van der Waals surface area contributed by atoms with Crippen molar-refractivity contribution in [3.63, 3.8) is 0 Å². The maximum Gasteiger partial charge on any atom is 0.257 e. The molecule has 1 aromatic rings. The van der Waals surface area contributed by atoms with Crippen LogP contribution in [0.4, 0.5) is 4.39 Å². The smallest absolute Gasteiger partial charge is 0.257 e. The number of aliphatic hydroxyl groups is 1. The Balaban J connectivity index is 2.24. The van der Waals surface area contributed by atoms with E-state index in [0.29, 0.717) is 6.54 Å². The zero-order chi connectivity index (χ0) is 12.4. The summed E-state index contributed by atoms with van der Waals surface area (Å²) in [4.78, 5) is 13.7. The van der Waals surface area contributed by atoms with Crippen LogP contribution in [-0.2, 0) is 0 Å². The van der Waals surface area contributed by atoms with E-state index in [1.807, 2.05) is 0 Å². The minimum Gasteiger partial charge on any atom is -0.394 e. The number of aliphatic hydroxyl groups excluding tert-OH is 1. The van der Waals surface area contributed by atoms with Crippen LogP contribution >= 0.6 is 0 Å². The van der Waals surface area contributed by atoms with Gasteiger partial charge in [-0.1, -0.05) is 6.07 Å². The Kier molecular flexibility index (Phi) is 3.43. The number of halogens is 1. The number of hydrogen-bond acceptors (Lipinski definition) is 2. The molecule has 92 valence electrons. The first-order valence-electron chi connectivity index (χ1n) is 5.81. The van der Waals surface area contributed by atoms with Gasteiger partial charge in [0.15, 0.2) is 0 Å². The number of likely N-dealkylation sites (tertiary alicyclic amines) is 1. The molecule has 1 atom stereocenters. The standard InChI is InChI=1S/C13H16FNO2/c1-9-4-5-11(12(14)7-9)13(17)15-6-2-3-10(15)8-16/h4-5,7,10,16H,2-3,6,8H2,1H3/t10-/m1/s1. The van der Waals surface area contributed by atoms with Crippen molar-refractivity contribution in [3.8, 4) is 0 Å². The Labute approximate surface area is 99.9 Å². The molecule has 0 aliphatic carbocycles. The maximum absolute atomic E-state index is 13.7. The average molecular weight is 237 g/mol. The molecule has 1 amide bonds. The lowest BCUT2D eigenvalue weighted by Gasteiger charge is -2.23. The molecule has 1 saturated heterocycles. The van der Waals surface area contributed by atoms with Crippen molar-refractivity contribution < 1.29 is 14.3 Å². The molecule has 0 unspecified atom stereocenters. The molecule has 1 aliphatic rings. The number of carbonyl (C=O) groups excluding carboxylic acids is 1. The number of rotatable bonds is 2. The third-order valence-corrected chi connectivity index (χ3v) is 3.20. The van der Waals surface area contributed by atoms with Crippen molar-refractivity contribution in [1.29, 1.82) is 0 Å². The number of hydrogen-bond donors (Lipinski definition) is 1. The van der Waals surface area contributed by atoms with E-state index in [0.717, 1.165) is 18.4 Å². The van der Waals surface area contributed by atoms with Crippen LogP contribution in [0.1, 0.15) is 28.8 Å². The highest BCUT2D eigenvalue weighted by molar-refractivity contribution is 5.95. The first-order chi connectivity index (χ1) is 8.13. The third kappa shape index (κ3) is 2.31. The lowest BCUT2D eigenvalue weighted by Crippen LogP contribution is -2.38. The van der Waals surface area contributed by atoms with Gasteiger partial charge in [0.25, 0.3) is 5.91 Å². The van der Waals surface area contributed by atoms with E-state index < -0.39 is 5.82 Å².